The Bertz CT molecular complexity index is 954. The lowest BCUT2D eigenvalue weighted by Gasteiger charge is -2.13. The van der Waals surface area contributed by atoms with Crippen molar-refractivity contribution in [2.24, 2.45) is 0 Å². The molecule has 140 valence electrons. The third-order valence-corrected chi connectivity index (χ3v) is 4.10. The van der Waals surface area contributed by atoms with Crippen LogP contribution >= 0.6 is 0 Å². The summed E-state index contributed by atoms with van der Waals surface area (Å²) in [5.74, 6) is 1.47. The minimum absolute atomic E-state index is 0.225. The van der Waals surface area contributed by atoms with Crippen LogP contribution in [-0.4, -0.2) is 31.8 Å². The van der Waals surface area contributed by atoms with Crippen LogP contribution in [-0.2, 0) is 11.3 Å². The quantitative estimate of drug-likeness (QED) is 0.588. The average Bonchev–Trinajstić information content (AvgIpc) is 2.71. The number of esters is 1. The van der Waals surface area contributed by atoms with Crippen molar-refractivity contribution >= 4 is 16.9 Å². The summed E-state index contributed by atoms with van der Waals surface area (Å²) in [6.45, 7) is 2.33. The molecule has 1 aromatic heterocycles. The van der Waals surface area contributed by atoms with Crippen molar-refractivity contribution in [1.82, 2.24) is 4.98 Å². The Hall–Kier alpha value is -3.28. The highest BCUT2D eigenvalue weighted by atomic mass is 16.5. The molecule has 0 aliphatic carbocycles. The molecule has 0 spiro atoms. The third-order valence-electron chi connectivity index (χ3n) is 4.10. The van der Waals surface area contributed by atoms with Gasteiger partial charge < -0.3 is 18.9 Å². The number of methoxy groups -OCH3 is 2. The molecule has 0 aliphatic heterocycles. The number of carbonyl (C=O) groups excluding carboxylic acids is 1. The normalized spacial score (nSPS) is 10.5. The Balaban J connectivity index is 1.91. The second kappa shape index (κ2) is 8.40. The van der Waals surface area contributed by atoms with E-state index in [2.05, 4.69) is 4.98 Å². The summed E-state index contributed by atoms with van der Waals surface area (Å²) >= 11 is 0. The molecule has 6 heteroatoms. The zero-order valence-corrected chi connectivity index (χ0v) is 15.5. The molecule has 0 saturated heterocycles. The van der Waals surface area contributed by atoms with Crippen molar-refractivity contribution in [3.8, 4) is 17.2 Å². The summed E-state index contributed by atoms with van der Waals surface area (Å²) in [6.07, 6.45) is 1.67. The molecular weight excluding hydrogens is 346 g/mol. The third kappa shape index (κ3) is 3.95. The first-order valence-electron chi connectivity index (χ1n) is 8.56. The first-order chi connectivity index (χ1) is 13.2. The lowest BCUT2D eigenvalue weighted by Crippen LogP contribution is -2.09. The molecule has 0 amide bonds. The monoisotopic (exact) mass is 367 g/mol. The van der Waals surface area contributed by atoms with E-state index in [1.165, 1.54) is 0 Å². The fourth-order valence-electron chi connectivity index (χ4n) is 2.78. The second-order valence-electron chi connectivity index (χ2n) is 5.70. The number of aromatic nitrogens is 1. The van der Waals surface area contributed by atoms with Gasteiger partial charge >= 0.3 is 5.97 Å². The highest BCUT2D eigenvalue weighted by molar-refractivity contribution is 5.91. The van der Waals surface area contributed by atoms with Gasteiger partial charge in [0.05, 0.1) is 31.9 Å². The molecule has 3 rings (SSSR count). The number of benzene rings is 2. The number of hydrogen-bond donors (Lipinski definition) is 0. The summed E-state index contributed by atoms with van der Waals surface area (Å²) in [5, 5.41) is 0.795. The predicted octanol–water partition coefficient (Wildman–Crippen LogP) is 4.01. The maximum atomic E-state index is 12.1. The number of carbonyl (C=O) groups is 1. The molecule has 3 aromatic rings. The first-order valence-corrected chi connectivity index (χ1v) is 8.56. The number of pyridine rings is 1. The highest BCUT2D eigenvalue weighted by Crippen LogP contribution is 2.35. The fraction of sp³-hybridized carbons (Fsp3) is 0.238. The molecule has 0 saturated carbocycles. The van der Waals surface area contributed by atoms with Crippen LogP contribution in [0, 0.1) is 0 Å². The Kier molecular flexibility index (Phi) is 5.76. The van der Waals surface area contributed by atoms with E-state index in [1.54, 1.807) is 51.6 Å². The molecule has 0 radical (unpaired) electrons. The number of ether oxygens (including phenoxy) is 4. The fourth-order valence-corrected chi connectivity index (χ4v) is 2.78. The minimum Gasteiger partial charge on any atom is -0.493 e. The molecule has 27 heavy (non-hydrogen) atoms. The van der Waals surface area contributed by atoms with E-state index in [0.717, 1.165) is 16.5 Å². The topological polar surface area (TPSA) is 66.9 Å². The molecule has 0 atom stereocenters. The van der Waals surface area contributed by atoms with Crippen LogP contribution in [0.2, 0.25) is 0 Å². The zero-order valence-electron chi connectivity index (χ0n) is 15.5. The number of fused-ring (bicyclic) bond motifs is 1. The summed E-state index contributed by atoms with van der Waals surface area (Å²) in [4.78, 5) is 16.5. The van der Waals surface area contributed by atoms with E-state index < -0.39 is 0 Å². The molecule has 0 bridgehead atoms. The Morgan fingerprint density at radius 2 is 1.74 bits per heavy atom. The van der Waals surface area contributed by atoms with Crippen LogP contribution in [0.3, 0.4) is 0 Å². The van der Waals surface area contributed by atoms with Gasteiger partial charge in [0.1, 0.15) is 12.4 Å². The number of nitrogens with zero attached hydrogens (tertiary/aromatic N) is 1. The van der Waals surface area contributed by atoms with Gasteiger partial charge in [0.2, 0.25) is 0 Å². The molecule has 0 N–H and O–H groups in total. The van der Waals surface area contributed by atoms with Crippen LogP contribution in [0.5, 0.6) is 17.2 Å². The molecule has 2 aromatic carbocycles. The van der Waals surface area contributed by atoms with Gasteiger partial charge in [0.25, 0.3) is 0 Å². The van der Waals surface area contributed by atoms with Gasteiger partial charge in [0, 0.05) is 23.2 Å². The van der Waals surface area contributed by atoms with Gasteiger partial charge in [-0.15, -0.1) is 0 Å². The van der Waals surface area contributed by atoms with Gasteiger partial charge in [-0.2, -0.15) is 0 Å². The molecule has 0 aliphatic rings. The van der Waals surface area contributed by atoms with E-state index >= 15 is 0 Å². The summed E-state index contributed by atoms with van der Waals surface area (Å²) in [7, 11) is 3.16. The number of hydrogen-bond acceptors (Lipinski definition) is 6. The second-order valence-corrected chi connectivity index (χ2v) is 5.70. The van der Waals surface area contributed by atoms with Gasteiger partial charge in [0.15, 0.2) is 11.5 Å². The first kappa shape index (κ1) is 18.5. The Morgan fingerprint density at radius 1 is 1.00 bits per heavy atom. The molecule has 6 nitrogen and oxygen atoms in total. The van der Waals surface area contributed by atoms with Crippen molar-refractivity contribution in [2.75, 3.05) is 20.8 Å². The molecular formula is C21H21NO5. The predicted molar refractivity (Wildman–Crippen MR) is 102 cm³/mol. The van der Waals surface area contributed by atoms with Crippen molar-refractivity contribution < 1.29 is 23.7 Å². The van der Waals surface area contributed by atoms with Crippen molar-refractivity contribution in [2.45, 2.75) is 13.5 Å². The van der Waals surface area contributed by atoms with Crippen LogP contribution in [0.15, 0.2) is 48.7 Å². The summed E-state index contributed by atoms with van der Waals surface area (Å²) < 4.78 is 21.8. The summed E-state index contributed by atoms with van der Waals surface area (Å²) in [5.41, 5.74) is 1.97. The molecule has 0 unspecified atom stereocenters. The van der Waals surface area contributed by atoms with E-state index in [-0.39, 0.29) is 12.6 Å². The van der Waals surface area contributed by atoms with Gasteiger partial charge in [-0.1, -0.05) is 18.2 Å². The maximum Gasteiger partial charge on any atom is 0.338 e. The van der Waals surface area contributed by atoms with Crippen LogP contribution < -0.4 is 14.2 Å². The van der Waals surface area contributed by atoms with Crippen LogP contribution in [0.1, 0.15) is 22.8 Å². The van der Waals surface area contributed by atoms with E-state index in [9.17, 15) is 4.79 Å². The lowest BCUT2D eigenvalue weighted by molar-refractivity contribution is 0.0523. The Labute approximate surface area is 157 Å². The van der Waals surface area contributed by atoms with Crippen molar-refractivity contribution in [3.63, 3.8) is 0 Å². The van der Waals surface area contributed by atoms with Gasteiger partial charge in [-0.3, -0.25) is 4.98 Å². The van der Waals surface area contributed by atoms with Gasteiger partial charge in [-0.05, 0) is 25.1 Å². The molecule has 0 fully saturated rings. The zero-order chi connectivity index (χ0) is 19.2. The largest absolute Gasteiger partial charge is 0.493 e. The van der Waals surface area contributed by atoms with Crippen LogP contribution in [0.4, 0.5) is 0 Å². The van der Waals surface area contributed by atoms with Crippen molar-refractivity contribution in [1.29, 1.82) is 0 Å². The van der Waals surface area contributed by atoms with E-state index in [4.69, 9.17) is 18.9 Å². The van der Waals surface area contributed by atoms with E-state index in [0.29, 0.717) is 29.4 Å². The average molecular weight is 367 g/mol. The minimum atomic E-state index is -0.359. The lowest BCUT2D eigenvalue weighted by atomic mass is 10.1. The van der Waals surface area contributed by atoms with Gasteiger partial charge in [-0.25, -0.2) is 4.79 Å². The maximum absolute atomic E-state index is 12.1. The SMILES string of the molecule is CCOC(=O)c1ccccc1COc1ccnc2cc(OC)c(OC)cc12. The molecule has 1 heterocycles. The highest BCUT2D eigenvalue weighted by Gasteiger charge is 2.14. The van der Waals surface area contributed by atoms with Crippen molar-refractivity contribution in [3.05, 3.63) is 59.8 Å². The smallest absolute Gasteiger partial charge is 0.338 e. The standard InChI is InChI=1S/C21H21NO5/c1-4-26-21(23)15-8-6-5-7-14(15)13-27-18-9-10-22-17-12-20(25-3)19(24-2)11-16(17)18/h5-12H,4,13H2,1-3H3. The van der Waals surface area contributed by atoms with Crippen LogP contribution in [0.25, 0.3) is 10.9 Å². The van der Waals surface area contributed by atoms with E-state index in [1.807, 2.05) is 18.2 Å². The number of rotatable bonds is 7. The Morgan fingerprint density at radius 3 is 2.48 bits per heavy atom. The summed E-state index contributed by atoms with van der Waals surface area (Å²) in [6, 6.07) is 12.6.